The van der Waals surface area contributed by atoms with Crippen molar-refractivity contribution < 1.29 is 4.79 Å². The Labute approximate surface area is 183 Å². The molecule has 0 saturated heterocycles. The van der Waals surface area contributed by atoms with Gasteiger partial charge >= 0.3 is 0 Å². The lowest BCUT2D eigenvalue weighted by Crippen LogP contribution is -2.27. The van der Waals surface area contributed by atoms with E-state index in [4.69, 9.17) is 0 Å². The van der Waals surface area contributed by atoms with Gasteiger partial charge in [-0.2, -0.15) is 5.10 Å². The summed E-state index contributed by atoms with van der Waals surface area (Å²) in [7, 11) is 0. The molecule has 6 nitrogen and oxygen atoms in total. The molecular formula is C23H29ClN4O2. The summed E-state index contributed by atoms with van der Waals surface area (Å²) in [6.45, 7) is 6.29. The molecule has 0 atom stereocenters. The lowest BCUT2D eigenvalue weighted by atomic mass is 10.1. The minimum absolute atomic E-state index is 0. The predicted octanol–water partition coefficient (Wildman–Crippen LogP) is 4.37. The summed E-state index contributed by atoms with van der Waals surface area (Å²) in [4.78, 5) is 25.8. The number of anilines is 1. The van der Waals surface area contributed by atoms with Crippen molar-refractivity contribution in [1.29, 1.82) is 0 Å². The quantitative estimate of drug-likeness (QED) is 0.496. The van der Waals surface area contributed by atoms with Crippen LogP contribution >= 0.6 is 12.4 Å². The molecule has 1 heterocycles. The van der Waals surface area contributed by atoms with Crippen molar-refractivity contribution in [3.8, 4) is 0 Å². The Bertz CT molecular complexity index is 1050. The third-order valence-electron chi connectivity index (χ3n) is 4.82. The summed E-state index contributed by atoms with van der Waals surface area (Å²) in [5.41, 5.74) is 1.92. The number of amides is 1. The molecule has 0 radical (unpaired) electrons. The van der Waals surface area contributed by atoms with Gasteiger partial charge in [0, 0.05) is 24.2 Å². The molecule has 2 N–H and O–H groups in total. The fourth-order valence-electron chi connectivity index (χ4n) is 3.28. The first kappa shape index (κ1) is 23.6. The molecule has 3 aromatic rings. The van der Waals surface area contributed by atoms with Gasteiger partial charge in [0.25, 0.3) is 11.5 Å². The Kier molecular flexibility index (Phi) is 9.02. The van der Waals surface area contributed by atoms with E-state index < -0.39 is 0 Å². The Balaban J connectivity index is 0.00000320. The van der Waals surface area contributed by atoms with E-state index in [0.717, 1.165) is 37.9 Å². The first-order valence-electron chi connectivity index (χ1n) is 10.2. The van der Waals surface area contributed by atoms with Crippen LogP contribution in [-0.4, -0.2) is 22.2 Å². The highest BCUT2D eigenvalue weighted by Gasteiger charge is 2.17. The number of nitrogens with one attached hydrogen (secondary N) is 2. The molecule has 1 aromatic heterocycles. The predicted molar refractivity (Wildman–Crippen MR) is 125 cm³/mol. The Morgan fingerprint density at radius 1 is 1.03 bits per heavy atom. The van der Waals surface area contributed by atoms with Gasteiger partial charge in [-0.05, 0) is 36.7 Å². The van der Waals surface area contributed by atoms with E-state index in [-0.39, 0.29) is 29.6 Å². The van der Waals surface area contributed by atoms with E-state index in [1.807, 2.05) is 36.4 Å². The highest BCUT2D eigenvalue weighted by molar-refractivity contribution is 6.11. The third-order valence-corrected chi connectivity index (χ3v) is 4.82. The number of rotatable bonds is 9. The summed E-state index contributed by atoms with van der Waals surface area (Å²) in [6.07, 6.45) is 2.93. The zero-order valence-electron chi connectivity index (χ0n) is 17.5. The van der Waals surface area contributed by atoms with Crippen molar-refractivity contribution in [2.75, 3.05) is 11.9 Å². The highest BCUT2D eigenvalue weighted by Crippen LogP contribution is 2.17. The molecule has 2 aromatic carbocycles. The molecule has 0 aliphatic rings. The summed E-state index contributed by atoms with van der Waals surface area (Å²) in [5, 5.41) is 11.7. The Hall–Kier alpha value is -2.70. The maximum Gasteiger partial charge on any atom is 0.276 e. The number of aromatic nitrogens is 2. The van der Waals surface area contributed by atoms with Crippen LogP contribution in [0.4, 0.5) is 5.69 Å². The van der Waals surface area contributed by atoms with Crippen LogP contribution in [0.3, 0.4) is 0 Å². The first-order chi connectivity index (χ1) is 14.1. The van der Waals surface area contributed by atoms with E-state index in [0.29, 0.717) is 23.0 Å². The number of carbonyl (C=O) groups is 1. The van der Waals surface area contributed by atoms with Gasteiger partial charge in [-0.15, -0.1) is 12.4 Å². The van der Waals surface area contributed by atoms with Crippen LogP contribution in [0.2, 0.25) is 0 Å². The second-order valence-corrected chi connectivity index (χ2v) is 7.06. The van der Waals surface area contributed by atoms with Gasteiger partial charge in [-0.1, -0.05) is 57.0 Å². The number of fused-ring (bicyclic) bond motifs is 1. The van der Waals surface area contributed by atoms with Crippen LogP contribution in [0.5, 0.6) is 0 Å². The number of hydrogen-bond acceptors (Lipinski definition) is 4. The second kappa shape index (κ2) is 11.5. The van der Waals surface area contributed by atoms with Crippen LogP contribution < -0.4 is 16.2 Å². The van der Waals surface area contributed by atoms with E-state index in [1.165, 1.54) is 4.68 Å². The zero-order valence-corrected chi connectivity index (χ0v) is 18.3. The highest BCUT2D eigenvalue weighted by atomic mass is 35.5. The fourth-order valence-corrected chi connectivity index (χ4v) is 3.28. The second-order valence-electron chi connectivity index (χ2n) is 7.06. The molecule has 3 rings (SSSR count). The van der Waals surface area contributed by atoms with Gasteiger partial charge in [0.2, 0.25) is 0 Å². The molecular weight excluding hydrogens is 400 g/mol. The van der Waals surface area contributed by atoms with E-state index in [2.05, 4.69) is 29.6 Å². The van der Waals surface area contributed by atoms with Crippen molar-refractivity contribution in [3.63, 3.8) is 0 Å². The van der Waals surface area contributed by atoms with E-state index in [9.17, 15) is 9.59 Å². The zero-order chi connectivity index (χ0) is 20.6. The number of unbranched alkanes of at least 4 members (excludes halogenated alkanes) is 2. The molecule has 30 heavy (non-hydrogen) atoms. The molecule has 1 amide bonds. The molecule has 0 unspecified atom stereocenters. The van der Waals surface area contributed by atoms with Crippen molar-refractivity contribution in [2.24, 2.45) is 0 Å². The molecule has 0 aliphatic carbocycles. The topological polar surface area (TPSA) is 76.0 Å². The maximum atomic E-state index is 13.0. The van der Waals surface area contributed by atoms with E-state index >= 15 is 0 Å². The SMILES string of the molecule is CCCCCn1nc(C(=O)Nc2cccc(CNCC)c2)c2ccccc2c1=O.Cl. The monoisotopic (exact) mass is 428 g/mol. The number of carbonyl (C=O) groups excluding carboxylic acids is 1. The average Bonchev–Trinajstić information content (AvgIpc) is 2.74. The molecule has 0 saturated carbocycles. The lowest BCUT2D eigenvalue weighted by Gasteiger charge is -2.12. The smallest absolute Gasteiger partial charge is 0.276 e. The average molecular weight is 429 g/mol. The number of halogens is 1. The molecule has 160 valence electrons. The summed E-state index contributed by atoms with van der Waals surface area (Å²) < 4.78 is 1.43. The number of nitrogens with zero attached hydrogens (tertiary/aromatic N) is 2. The molecule has 0 bridgehead atoms. The number of benzene rings is 2. The van der Waals surface area contributed by atoms with E-state index in [1.54, 1.807) is 12.1 Å². The Morgan fingerprint density at radius 2 is 1.80 bits per heavy atom. The minimum Gasteiger partial charge on any atom is -0.321 e. The standard InChI is InChI=1S/C23H28N4O2.ClH/c1-3-5-8-14-27-23(29)20-13-7-6-12-19(20)21(26-27)22(28)25-18-11-9-10-17(15-18)16-24-4-2;/h6-7,9-13,15,24H,3-5,8,14,16H2,1-2H3,(H,25,28);1H. The molecule has 7 heteroatoms. The van der Waals surface area contributed by atoms with Gasteiger partial charge in [0.1, 0.15) is 0 Å². The van der Waals surface area contributed by atoms with Gasteiger partial charge < -0.3 is 10.6 Å². The van der Waals surface area contributed by atoms with Crippen molar-refractivity contribution in [1.82, 2.24) is 15.1 Å². The molecule has 0 aliphatic heterocycles. The third kappa shape index (κ3) is 5.68. The molecule has 0 spiro atoms. The van der Waals surface area contributed by atoms with Crippen LogP contribution in [0.1, 0.15) is 49.2 Å². The Morgan fingerprint density at radius 3 is 2.53 bits per heavy atom. The summed E-state index contributed by atoms with van der Waals surface area (Å²) in [6, 6.07) is 14.9. The van der Waals surface area contributed by atoms with Crippen LogP contribution in [0, 0.1) is 0 Å². The number of aryl methyl sites for hydroxylation is 1. The van der Waals surface area contributed by atoms with Crippen molar-refractivity contribution in [2.45, 2.75) is 46.2 Å². The maximum absolute atomic E-state index is 13.0. The summed E-state index contributed by atoms with van der Waals surface area (Å²) >= 11 is 0. The van der Waals surface area contributed by atoms with Crippen molar-refractivity contribution in [3.05, 3.63) is 70.1 Å². The van der Waals surface area contributed by atoms with Gasteiger partial charge in [-0.25, -0.2) is 4.68 Å². The van der Waals surface area contributed by atoms with Crippen LogP contribution in [0.15, 0.2) is 53.3 Å². The minimum atomic E-state index is -0.314. The lowest BCUT2D eigenvalue weighted by molar-refractivity contribution is 0.102. The fraction of sp³-hybridized carbons (Fsp3) is 0.348. The normalized spacial score (nSPS) is 10.6. The molecule has 0 fully saturated rings. The van der Waals surface area contributed by atoms with Crippen LogP contribution in [-0.2, 0) is 13.1 Å². The largest absolute Gasteiger partial charge is 0.321 e. The van der Waals surface area contributed by atoms with Crippen molar-refractivity contribution >= 4 is 34.8 Å². The summed E-state index contributed by atoms with van der Waals surface area (Å²) in [5.74, 6) is -0.314. The van der Waals surface area contributed by atoms with Gasteiger partial charge in [0.15, 0.2) is 5.69 Å². The van der Waals surface area contributed by atoms with Gasteiger partial charge in [-0.3, -0.25) is 9.59 Å². The van der Waals surface area contributed by atoms with Gasteiger partial charge in [0.05, 0.1) is 5.39 Å². The first-order valence-corrected chi connectivity index (χ1v) is 10.2. The van der Waals surface area contributed by atoms with Crippen LogP contribution in [0.25, 0.3) is 10.8 Å². The number of hydrogen-bond donors (Lipinski definition) is 2.